The van der Waals surface area contributed by atoms with Gasteiger partial charge in [-0.25, -0.2) is 0 Å². The molecule has 0 atom stereocenters. The van der Waals surface area contributed by atoms with E-state index in [9.17, 15) is 4.79 Å². The van der Waals surface area contributed by atoms with Crippen molar-refractivity contribution in [3.63, 3.8) is 0 Å². The molecule has 0 aliphatic carbocycles. The number of ether oxygens (including phenoxy) is 1. The molecule has 2 aromatic rings. The van der Waals surface area contributed by atoms with E-state index in [-0.39, 0.29) is 16.8 Å². The molecule has 0 unspecified atom stereocenters. The van der Waals surface area contributed by atoms with E-state index in [2.05, 4.69) is 10.2 Å². The standard InChI is InChI=1S/C14H12ClN3O2/c15-13-6-5-11(16-17-13)14(19)18-7-8-20-12-4-2-1-3-10(12)9-18/h1-6H,7-9H2. The summed E-state index contributed by atoms with van der Waals surface area (Å²) in [6, 6.07) is 10.8. The second-order valence-electron chi connectivity index (χ2n) is 4.42. The number of fused-ring (bicyclic) bond motifs is 1. The van der Waals surface area contributed by atoms with Gasteiger partial charge in [-0.2, -0.15) is 0 Å². The van der Waals surface area contributed by atoms with Crippen molar-refractivity contribution in [2.24, 2.45) is 0 Å². The molecule has 0 fully saturated rings. The van der Waals surface area contributed by atoms with Crippen LogP contribution in [0.5, 0.6) is 5.75 Å². The van der Waals surface area contributed by atoms with Crippen LogP contribution in [0.4, 0.5) is 0 Å². The summed E-state index contributed by atoms with van der Waals surface area (Å²) in [6.45, 7) is 1.47. The van der Waals surface area contributed by atoms with Crippen LogP contribution in [0.1, 0.15) is 16.1 Å². The number of carbonyl (C=O) groups excluding carboxylic acids is 1. The number of hydrogen-bond acceptors (Lipinski definition) is 4. The maximum atomic E-state index is 12.4. The Kier molecular flexibility index (Phi) is 3.52. The van der Waals surface area contributed by atoms with Crippen molar-refractivity contribution in [3.8, 4) is 5.75 Å². The molecule has 1 aromatic heterocycles. The van der Waals surface area contributed by atoms with Crippen molar-refractivity contribution >= 4 is 17.5 Å². The van der Waals surface area contributed by atoms with Crippen molar-refractivity contribution in [3.05, 3.63) is 52.8 Å². The quantitative estimate of drug-likeness (QED) is 0.807. The molecule has 3 rings (SSSR count). The number of aromatic nitrogens is 2. The summed E-state index contributed by atoms with van der Waals surface area (Å²) in [6.07, 6.45) is 0. The average Bonchev–Trinajstić information content (AvgIpc) is 2.69. The van der Waals surface area contributed by atoms with E-state index in [4.69, 9.17) is 16.3 Å². The van der Waals surface area contributed by atoms with Gasteiger partial charge in [0.15, 0.2) is 10.8 Å². The highest BCUT2D eigenvalue weighted by molar-refractivity contribution is 6.29. The summed E-state index contributed by atoms with van der Waals surface area (Å²) in [4.78, 5) is 14.1. The van der Waals surface area contributed by atoms with Gasteiger partial charge < -0.3 is 9.64 Å². The molecule has 0 N–H and O–H groups in total. The fraction of sp³-hybridized carbons (Fsp3) is 0.214. The Morgan fingerprint density at radius 3 is 2.85 bits per heavy atom. The molecule has 1 aliphatic rings. The molecule has 20 heavy (non-hydrogen) atoms. The number of nitrogens with zero attached hydrogens (tertiary/aromatic N) is 3. The lowest BCUT2D eigenvalue weighted by atomic mass is 10.2. The summed E-state index contributed by atoms with van der Waals surface area (Å²) in [5.41, 5.74) is 1.27. The molecular formula is C14H12ClN3O2. The Balaban J connectivity index is 1.84. The third kappa shape index (κ3) is 2.58. The summed E-state index contributed by atoms with van der Waals surface area (Å²) < 4.78 is 5.63. The molecule has 0 saturated heterocycles. The van der Waals surface area contributed by atoms with Crippen LogP contribution in [0.15, 0.2) is 36.4 Å². The SMILES string of the molecule is O=C(c1ccc(Cl)nn1)N1CCOc2ccccc2C1. The highest BCUT2D eigenvalue weighted by Gasteiger charge is 2.21. The van der Waals surface area contributed by atoms with Crippen molar-refractivity contribution in [2.75, 3.05) is 13.2 Å². The minimum Gasteiger partial charge on any atom is -0.491 e. The predicted molar refractivity (Wildman–Crippen MR) is 73.7 cm³/mol. The van der Waals surface area contributed by atoms with Gasteiger partial charge in [0.05, 0.1) is 6.54 Å². The molecule has 0 saturated carbocycles. The lowest BCUT2D eigenvalue weighted by molar-refractivity contribution is 0.0726. The minimum absolute atomic E-state index is 0.172. The van der Waals surface area contributed by atoms with Crippen LogP contribution in [0.3, 0.4) is 0 Å². The number of halogens is 1. The topological polar surface area (TPSA) is 55.3 Å². The average molecular weight is 290 g/mol. The fourth-order valence-electron chi connectivity index (χ4n) is 2.09. The molecule has 0 spiro atoms. The molecule has 1 amide bonds. The van der Waals surface area contributed by atoms with Crippen LogP contribution >= 0.6 is 11.6 Å². The third-order valence-electron chi connectivity index (χ3n) is 3.09. The first-order valence-corrected chi connectivity index (χ1v) is 6.61. The van der Waals surface area contributed by atoms with E-state index < -0.39 is 0 Å². The summed E-state index contributed by atoms with van der Waals surface area (Å²) in [5, 5.41) is 7.80. The first-order chi connectivity index (χ1) is 9.74. The fourth-order valence-corrected chi connectivity index (χ4v) is 2.19. The molecule has 6 heteroatoms. The van der Waals surface area contributed by atoms with Crippen molar-refractivity contribution in [1.29, 1.82) is 0 Å². The van der Waals surface area contributed by atoms with E-state index in [0.717, 1.165) is 11.3 Å². The Morgan fingerprint density at radius 2 is 2.05 bits per heavy atom. The maximum absolute atomic E-state index is 12.4. The lowest BCUT2D eigenvalue weighted by Gasteiger charge is -2.18. The lowest BCUT2D eigenvalue weighted by Crippen LogP contribution is -2.33. The molecule has 0 radical (unpaired) electrons. The number of hydrogen-bond donors (Lipinski definition) is 0. The van der Waals surface area contributed by atoms with Crippen LogP contribution in [-0.2, 0) is 6.54 Å². The molecule has 1 aliphatic heterocycles. The van der Waals surface area contributed by atoms with E-state index in [0.29, 0.717) is 19.7 Å². The zero-order valence-corrected chi connectivity index (χ0v) is 11.4. The first-order valence-electron chi connectivity index (χ1n) is 6.23. The number of benzene rings is 1. The van der Waals surface area contributed by atoms with Gasteiger partial charge in [-0.15, -0.1) is 10.2 Å². The molecule has 0 bridgehead atoms. The minimum atomic E-state index is -0.172. The van der Waals surface area contributed by atoms with E-state index in [1.165, 1.54) is 0 Å². The first kappa shape index (κ1) is 12.9. The van der Waals surface area contributed by atoms with Crippen LogP contribution in [0.25, 0.3) is 0 Å². The number of rotatable bonds is 1. The van der Waals surface area contributed by atoms with E-state index in [1.54, 1.807) is 17.0 Å². The zero-order valence-electron chi connectivity index (χ0n) is 10.6. The summed E-state index contributed by atoms with van der Waals surface area (Å²) >= 11 is 5.68. The Labute approximate surface area is 121 Å². The van der Waals surface area contributed by atoms with Crippen molar-refractivity contribution in [1.82, 2.24) is 15.1 Å². The Morgan fingerprint density at radius 1 is 1.20 bits per heavy atom. The Hall–Kier alpha value is -2.14. The number of carbonyl (C=O) groups is 1. The maximum Gasteiger partial charge on any atom is 0.274 e. The van der Waals surface area contributed by atoms with Gasteiger partial charge in [-0.1, -0.05) is 29.8 Å². The number of amides is 1. The van der Waals surface area contributed by atoms with Gasteiger partial charge in [-0.3, -0.25) is 4.79 Å². The molecular weight excluding hydrogens is 278 g/mol. The van der Waals surface area contributed by atoms with Gasteiger partial charge in [0.2, 0.25) is 0 Å². The number of para-hydroxylation sites is 1. The van der Waals surface area contributed by atoms with Crippen LogP contribution in [0, 0.1) is 0 Å². The van der Waals surface area contributed by atoms with Gasteiger partial charge >= 0.3 is 0 Å². The monoisotopic (exact) mass is 289 g/mol. The van der Waals surface area contributed by atoms with Gasteiger partial charge in [0.25, 0.3) is 5.91 Å². The van der Waals surface area contributed by atoms with Crippen LogP contribution < -0.4 is 4.74 Å². The molecule has 102 valence electrons. The Bertz CT molecular complexity index is 631. The van der Waals surface area contributed by atoms with Crippen LogP contribution in [-0.4, -0.2) is 34.2 Å². The van der Waals surface area contributed by atoms with Crippen molar-refractivity contribution < 1.29 is 9.53 Å². The highest BCUT2D eigenvalue weighted by Crippen LogP contribution is 2.23. The predicted octanol–water partition coefficient (Wildman–Crippen LogP) is 2.16. The zero-order chi connectivity index (χ0) is 13.9. The highest BCUT2D eigenvalue weighted by atomic mass is 35.5. The summed E-state index contributed by atoms with van der Waals surface area (Å²) in [5.74, 6) is 0.652. The van der Waals surface area contributed by atoms with E-state index in [1.807, 2.05) is 24.3 Å². The molecule has 5 nitrogen and oxygen atoms in total. The third-order valence-corrected chi connectivity index (χ3v) is 3.29. The molecule has 2 heterocycles. The van der Waals surface area contributed by atoms with Gasteiger partial charge in [0.1, 0.15) is 12.4 Å². The van der Waals surface area contributed by atoms with Gasteiger partial charge in [0, 0.05) is 12.1 Å². The van der Waals surface area contributed by atoms with Gasteiger partial charge in [-0.05, 0) is 18.2 Å². The smallest absolute Gasteiger partial charge is 0.274 e. The second-order valence-corrected chi connectivity index (χ2v) is 4.81. The summed E-state index contributed by atoms with van der Waals surface area (Å²) in [7, 11) is 0. The molecule has 1 aromatic carbocycles. The van der Waals surface area contributed by atoms with E-state index >= 15 is 0 Å². The normalized spacial score (nSPS) is 14.2. The second kappa shape index (κ2) is 5.46. The van der Waals surface area contributed by atoms with Crippen molar-refractivity contribution in [2.45, 2.75) is 6.54 Å². The largest absolute Gasteiger partial charge is 0.491 e. The van der Waals surface area contributed by atoms with Crippen LogP contribution in [0.2, 0.25) is 5.15 Å².